The van der Waals surface area contributed by atoms with Gasteiger partial charge in [0.15, 0.2) is 0 Å². The number of oxime groups is 1. The number of hydrogen-bond acceptors (Lipinski definition) is 6. The second kappa shape index (κ2) is 6.05. The molecule has 0 atom stereocenters. The molecule has 0 spiro atoms. The Labute approximate surface area is 113 Å². The minimum absolute atomic E-state index is 0.183. The monoisotopic (exact) mass is 277 g/mol. The Morgan fingerprint density at radius 2 is 2.21 bits per heavy atom. The summed E-state index contributed by atoms with van der Waals surface area (Å²) in [5.41, 5.74) is 0.973. The summed E-state index contributed by atoms with van der Waals surface area (Å²) in [5, 5.41) is 15.1. The molecule has 0 aliphatic rings. The van der Waals surface area contributed by atoms with Crippen molar-refractivity contribution in [3.8, 4) is 0 Å². The summed E-state index contributed by atoms with van der Waals surface area (Å²) in [7, 11) is 0. The average Bonchev–Trinajstić information content (AvgIpc) is 2.82. The minimum atomic E-state index is -1.17. The first-order valence-corrected chi connectivity index (χ1v) is 6.29. The van der Waals surface area contributed by atoms with Crippen LogP contribution in [0.2, 0.25) is 0 Å². The molecule has 0 radical (unpaired) electrons. The number of hydrogen-bond donors (Lipinski definition) is 1. The van der Waals surface area contributed by atoms with Crippen LogP contribution in [-0.2, 0) is 16.2 Å². The van der Waals surface area contributed by atoms with Crippen molar-refractivity contribution < 1.29 is 14.7 Å². The molecule has 2 rings (SSSR count). The van der Waals surface area contributed by atoms with E-state index in [0.29, 0.717) is 5.69 Å². The molecule has 0 unspecified atom stereocenters. The first kappa shape index (κ1) is 13.2. The second-order valence-electron chi connectivity index (χ2n) is 3.63. The number of carboxylic acid groups (broad SMARTS) is 1. The van der Waals surface area contributed by atoms with Gasteiger partial charge in [-0.15, -0.1) is 11.3 Å². The molecule has 0 aliphatic heterocycles. The van der Waals surface area contributed by atoms with E-state index < -0.39 is 5.97 Å². The molecule has 6 nitrogen and oxygen atoms in total. The lowest BCUT2D eigenvalue weighted by atomic mass is 10.3. The number of aryl methyl sites for hydroxylation is 1. The standard InChI is InChI=1S/C12H11N3O3S/c1-8-14-10(7-19-8)11(12(16)17)15-18-6-9-2-4-13-5-3-9/h2-5,7H,6H2,1H3,(H,16,17)/b15-11-. The quantitative estimate of drug-likeness (QED) is 0.666. The van der Waals surface area contributed by atoms with Gasteiger partial charge in [-0.1, -0.05) is 5.16 Å². The Morgan fingerprint density at radius 1 is 1.47 bits per heavy atom. The van der Waals surface area contributed by atoms with Crippen molar-refractivity contribution in [2.24, 2.45) is 5.16 Å². The van der Waals surface area contributed by atoms with Crippen molar-refractivity contribution in [3.05, 3.63) is 46.2 Å². The molecule has 2 aromatic heterocycles. The Hall–Kier alpha value is -2.28. The zero-order valence-corrected chi connectivity index (χ0v) is 10.9. The summed E-state index contributed by atoms with van der Waals surface area (Å²) in [5.74, 6) is -1.17. The van der Waals surface area contributed by atoms with Gasteiger partial charge in [0, 0.05) is 17.8 Å². The van der Waals surface area contributed by atoms with E-state index in [2.05, 4.69) is 15.1 Å². The lowest BCUT2D eigenvalue weighted by molar-refractivity contribution is -0.129. The van der Waals surface area contributed by atoms with Crippen LogP contribution in [0.3, 0.4) is 0 Å². The minimum Gasteiger partial charge on any atom is -0.476 e. The highest BCUT2D eigenvalue weighted by molar-refractivity contribution is 7.09. The lowest BCUT2D eigenvalue weighted by Crippen LogP contribution is -2.15. The van der Waals surface area contributed by atoms with Gasteiger partial charge in [0.25, 0.3) is 0 Å². The van der Waals surface area contributed by atoms with Gasteiger partial charge >= 0.3 is 5.97 Å². The number of carbonyl (C=O) groups is 1. The van der Waals surface area contributed by atoms with Crippen LogP contribution in [0.15, 0.2) is 35.1 Å². The van der Waals surface area contributed by atoms with Gasteiger partial charge in [-0.05, 0) is 24.6 Å². The molecule has 0 saturated carbocycles. The van der Waals surface area contributed by atoms with Gasteiger partial charge in [0.2, 0.25) is 5.71 Å². The molecule has 0 fully saturated rings. The maximum Gasteiger partial charge on any atom is 0.360 e. The molecular weight excluding hydrogens is 266 g/mol. The highest BCUT2D eigenvalue weighted by atomic mass is 32.1. The second-order valence-corrected chi connectivity index (χ2v) is 4.69. The third-order valence-corrected chi connectivity index (χ3v) is 2.97. The number of pyridine rings is 1. The molecule has 0 saturated heterocycles. The average molecular weight is 277 g/mol. The summed E-state index contributed by atoms with van der Waals surface area (Å²) < 4.78 is 0. The van der Waals surface area contributed by atoms with Crippen molar-refractivity contribution in [2.75, 3.05) is 0 Å². The lowest BCUT2D eigenvalue weighted by Gasteiger charge is -2.00. The number of thiazole rings is 1. The summed E-state index contributed by atoms with van der Waals surface area (Å²) in [4.78, 5) is 24.1. The number of carboxylic acids is 1. The van der Waals surface area contributed by atoms with Crippen LogP contribution >= 0.6 is 11.3 Å². The van der Waals surface area contributed by atoms with Crippen LogP contribution in [0, 0.1) is 6.92 Å². The molecule has 98 valence electrons. The molecule has 0 aromatic carbocycles. The maximum atomic E-state index is 11.1. The van der Waals surface area contributed by atoms with Gasteiger partial charge in [-0.25, -0.2) is 9.78 Å². The number of nitrogens with zero attached hydrogens (tertiary/aromatic N) is 3. The zero-order chi connectivity index (χ0) is 13.7. The van der Waals surface area contributed by atoms with E-state index in [4.69, 9.17) is 9.94 Å². The normalized spacial score (nSPS) is 11.3. The summed E-state index contributed by atoms with van der Waals surface area (Å²) in [6, 6.07) is 3.53. The van der Waals surface area contributed by atoms with Gasteiger partial charge in [0.05, 0.1) is 5.01 Å². The predicted octanol–water partition coefficient (Wildman–Crippen LogP) is 1.85. The molecule has 1 N–H and O–H groups in total. The number of aromatic nitrogens is 2. The Kier molecular flexibility index (Phi) is 4.19. The molecule has 19 heavy (non-hydrogen) atoms. The molecule has 0 aliphatic carbocycles. The largest absolute Gasteiger partial charge is 0.476 e. The van der Waals surface area contributed by atoms with E-state index in [9.17, 15) is 4.79 Å². The van der Waals surface area contributed by atoms with E-state index >= 15 is 0 Å². The summed E-state index contributed by atoms with van der Waals surface area (Å²) in [6.07, 6.45) is 3.26. The molecular formula is C12H11N3O3S. The van der Waals surface area contributed by atoms with Gasteiger partial charge in [-0.2, -0.15) is 0 Å². The molecule has 2 aromatic rings. The van der Waals surface area contributed by atoms with Crippen LogP contribution in [0.25, 0.3) is 0 Å². The zero-order valence-electron chi connectivity index (χ0n) is 10.1. The topological polar surface area (TPSA) is 84.7 Å². The van der Waals surface area contributed by atoms with E-state index in [1.54, 1.807) is 36.8 Å². The van der Waals surface area contributed by atoms with Crippen molar-refractivity contribution in [1.29, 1.82) is 0 Å². The fourth-order valence-electron chi connectivity index (χ4n) is 1.32. The van der Waals surface area contributed by atoms with E-state index in [1.807, 2.05) is 0 Å². The van der Waals surface area contributed by atoms with Crippen LogP contribution in [-0.4, -0.2) is 26.8 Å². The van der Waals surface area contributed by atoms with Crippen molar-refractivity contribution >= 4 is 23.0 Å². The van der Waals surface area contributed by atoms with Crippen molar-refractivity contribution in [1.82, 2.24) is 9.97 Å². The number of rotatable bonds is 5. The Balaban J connectivity index is 2.08. The van der Waals surface area contributed by atoms with E-state index in [0.717, 1.165) is 10.6 Å². The number of aliphatic carboxylic acids is 1. The van der Waals surface area contributed by atoms with E-state index in [1.165, 1.54) is 11.3 Å². The SMILES string of the molecule is Cc1nc(/C(=N/OCc2ccncc2)C(=O)O)cs1. The van der Waals surface area contributed by atoms with Crippen molar-refractivity contribution in [2.45, 2.75) is 13.5 Å². The molecule has 7 heteroatoms. The maximum absolute atomic E-state index is 11.1. The Morgan fingerprint density at radius 3 is 2.79 bits per heavy atom. The highest BCUT2D eigenvalue weighted by Crippen LogP contribution is 2.10. The van der Waals surface area contributed by atoms with Crippen molar-refractivity contribution in [3.63, 3.8) is 0 Å². The fraction of sp³-hybridized carbons (Fsp3) is 0.167. The predicted molar refractivity (Wildman–Crippen MR) is 70.0 cm³/mol. The Bertz CT molecular complexity index is 595. The molecule has 2 heterocycles. The third kappa shape index (κ3) is 3.59. The molecule has 0 bridgehead atoms. The highest BCUT2D eigenvalue weighted by Gasteiger charge is 2.16. The smallest absolute Gasteiger partial charge is 0.360 e. The van der Waals surface area contributed by atoms with Crippen LogP contribution in [0.1, 0.15) is 16.3 Å². The van der Waals surface area contributed by atoms with Crippen LogP contribution < -0.4 is 0 Å². The van der Waals surface area contributed by atoms with Crippen LogP contribution in [0.4, 0.5) is 0 Å². The van der Waals surface area contributed by atoms with Gasteiger partial charge in [-0.3, -0.25) is 4.98 Å². The summed E-state index contributed by atoms with van der Waals surface area (Å²) >= 11 is 1.36. The third-order valence-electron chi connectivity index (χ3n) is 2.20. The van der Waals surface area contributed by atoms with Gasteiger partial charge < -0.3 is 9.94 Å². The fourth-order valence-corrected chi connectivity index (χ4v) is 1.92. The van der Waals surface area contributed by atoms with E-state index in [-0.39, 0.29) is 12.3 Å². The van der Waals surface area contributed by atoms with Gasteiger partial charge in [0.1, 0.15) is 12.3 Å². The summed E-state index contributed by atoms with van der Waals surface area (Å²) in [6.45, 7) is 1.98. The first-order chi connectivity index (χ1) is 9.16. The molecule has 0 amide bonds. The van der Waals surface area contributed by atoms with Crippen LogP contribution in [0.5, 0.6) is 0 Å². The first-order valence-electron chi connectivity index (χ1n) is 5.41.